The van der Waals surface area contributed by atoms with Gasteiger partial charge in [0.15, 0.2) is 0 Å². The maximum atomic E-state index is 12.2. The first-order chi connectivity index (χ1) is 10.6. The summed E-state index contributed by atoms with van der Waals surface area (Å²) < 4.78 is 7.10. The number of nitrogens with zero attached hydrogens (tertiary/aromatic N) is 4. The average Bonchev–Trinajstić information content (AvgIpc) is 2.47. The Kier molecular flexibility index (Phi) is 3.55. The molecule has 0 aliphatic rings. The Labute approximate surface area is 131 Å². The minimum Gasteiger partial charge on any atom is -0.432 e. The van der Waals surface area contributed by atoms with Crippen LogP contribution >= 0.6 is 15.9 Å². The molecule has 0 aliphatic carbocycles. The third-order valence-electron chi connectivity index (χ3n) is 2.76. The van der Waals surface area contributed by atoms with Crippen LogP contribution in [-0.2, 0) is 0 Å². The van der Waals surface area contributed by atoms with Crippen molar-refractivity contribution in [2.24, 2.45) is 0 Å². The fraction of sp³-hybridized carbons (Fsp3) is 0. The maximum absolute atomic E-state index is 12.2. The van der Waals surface area contributed by atoms with E-state index in [1.807, 2.05) is 0 Å². The molecule has 0 N–H and O–H groups in total. The Morgan fingerprint density at radius 3 is 2.86 bits per heavy atom. The number of hydrogen-bond acceptors (Lipinski definition) is 6. The Balaban J connectivity index is 2.21. The first-order valence-corrected chi connectivity index (χ1v) is 6.80. The van der Waals surface area contributed by atoms with E-state index in [4.69, 9.17) is 4.74 Å². The molecule has 0 spiro atoms. The molecule has 8 nitrogen and oxygen atoms in total. The number of halogens is 1. The highest BCUT2D eigenvalue weighted by atomic mass is 79.9. The van der Waals surface area contributed by atoms with Crippen molar-refractivity contribution in [3.8, 4) is 11.6 Å². The van der Waals surface area contributed by atoms with Crippen LogP contribution in [-0.4, -0.2) is 19.3 Å². The molecule has 0 aromatic carbocycles. The molecule has 0 unspecified atom stereocenters. The zero-order chi connectivity index (χ0) is 15.7. The number of hydrogen-bond donors (Lipinski definition) is 0. The fourth-order valence-electron chi connectivity index (χ4n) is 1.85. The number of pyridine rings is 2. The molecular weight excluding hydrogens is 356 g/mol. The summed E-state index contributed by atoms with van der Waals surface area (Å²) in [5, 5.41) is 11.2. The lowest BCUT2D eigenvalue weighted by molar-refractivity contribution is -0.387. The van der Waals surface area contributed by atoms with E-state index in [1.54, 1.807) is 24.3 Å². The van der Waals surface area contributed by atoms with E-state index in [0.717, 1.165) is 4.40 Å². The number of fused-ring (bicyclic) bond motifs is 1. The quantitative estimate of drug-likeness (QED) is 0.524. The minimum absolute atomic E-state index is 0.227. The van der Waals surface area contributed by atoms with Crippen LogP contribution in [0.15, 0.2) is 52.1 Å². The summed E-state index contributed by atoms with van der Waals surface area (Å²) in [7, 11) is 0. The lowest BCUT2D eigenvalue weighted by Gasteiger charge is -2.06. The van der Waals surface area contributed by atoms with Crippen LogP contribution in [0.3, 0.4) is 0 Å². The van der Waals surface area contributed by atoms with Crippen molar-refractivity contribution in [2.45, 2.75) is 0 Å². The van der Waals surface area contributed by atoms with E-state index in [1.165, 1.54) is 18.6 Å². The highest BCUT2D eigenvalue weighted by Crippen LogP contribution is 2.27. The summed E-state index contributed by atoms with van der Waals surface area (Å²) in [6.45, 7) is 0. The summed E-state index contributed by atoms with van der Waals surface area (Å²) in [5.41, 5.74) is -1.30. The normalized spacial score (nSPS) is 10.6. The van der Waals surface area contributed by atoms with Gasteiger partial charge in [0.05, 0.1) is 11.1 Å². The third-order valence-corrected chi connectivity index (χ3v) is 3.19. The lowest BCUT2D eigenvalue weighted by Crippen LogP contribution is -2.19. The van der Waals surface area contributed by atoms with Gasteiger partial charge in [-0.25, -0.2) is 0 Å². The Bertz CT molecular complexity index is 941. The summed E-state index contributed by atoms with van der Waals surface area (Å²) in [4.78, 5) is 30.5. The van der Waals surface area contributed by atoms with Crippen LogP contribution in [0.4, 0.5) is 5.69 Å². The van der Waals surface area contributed by atoms with Gasteiger partial charge in [-0.15, -0.1) is 0 Å². The molecule has 110 valence electrons. The van der Waals surface area contributed by atoms with Crippen LogP contribution in [0.2, 0.25) is 0 Å². The molecule has 9 heteroatoms. The summed E-state index contributed by atoms with van der Waals surface area (Å²) in [6, 6.07) is 6.36. The largest absolute Gasteiger partial charge is 0.432 e. The second kappa shape index (κ2) is 5.53. The maximum Gasteiger partial charge on any atom is 0.396 e. The van der Waals surface area contributed by atoms with Crippen molar-refractivity contribution >= 4 is 27.3 Å². The third kappa shape index (κ3) is 2.53. The predicted octanol–water partition coefficient (Wildman–Crippen LogP) is 2.55. The second-order valence-corrected chi connectivity index (χ2v) is 5.11. The van der Waals surface area contributed by atoms with E-state index >= 15 is 0 Å². The Hall–Kier alpha value is -2.81. The molecule has 0 fully saturated rings. The van der Waals surface area contributed by atoms with Gasteiger partial charge >= 0.3 is 17.1 Å². The van der Waals surface area contributed by atoms with E-state index in [-0.39, 0.29) is 17.3 Å². The highest BCUT2D eigenvalue weighted by Gasteiger charge is 2.25. The Morgan fingerprint density at radius 1 is 1.32 bits per heavy atom. The van der Waals surface area contributed by atoms with Gasteiger partial charge in [-0.05, 0) is 34.1 Å². The zero-order valence-electron chi connectivity index (χ0n) is 10.8. The van der Waals surface area contributed by atoms with Gasteiger partial charge in [0.1, 0.15) is 11.4 Å². The van der Waals surface area contributed by atoms with Crippen molar-refractivity contribution in [3.63, 3.8) is 0 Å². The molecule has 3 aromatic rings. The second-order valence-electron chi connectivity index (χ2n) is 4.20. The van der Waals surface area contributed by atoms with Gasteiger partial charge in [-0.2, -0.15) is 4.98 Å². The zero-order valence-corrected chi connectivity index (χ0v) is 12.4. The number of ether oxygens (including phenoxy) is 1. The van der Waals surface area contributed by atoms with E-state index < -0.39 is 16.2 Å². The molecule has 3 aromatic heterocycles. The molecule has 0 atom stereocenters. The molecule has 22 heavy (non-hydrogen) atoms. The first-order valence-electron chi connectivity index (χ1n) is 6.00. The number of rotatable bonds is 3. The predicted molar refractivity (Wildman–Crippen MR) is 80.1 cm³/mol. The van der Waals surface area contributed by atoms with E-state index in [2.05, 4.69) is 25.9 Å². The molecule has 0 aliphatic heterocycles. The monoisotopic (exact) mass is 362 g/mol. The van der Waals surface area contributed by atoms with Gasteiger partial charge in [0, 0.05) is 16.9 Å². The van der Waals surface area contributed by atoms with E-state index in [0.29, 0.717) is 4.47 Å². The molecular formula is C13H7BrN4O4. The summed E-state index contributed by atoms with van der Waals surface area (Å²) in [6.07, 6.45) is 4.30. The van der Waals surface area contributed by atoms with E-state index in [9.17, 15) is 14.9 Å². The van der Waals surface area contributed by atoms with Crippen LogP contribution in [0.5, 0.6) is 11.6 Å². The van der Waals surface area contributed by atoms with Crippen molar-refractivity contribution in [1.82, 2.24) is 14.4 Å². The van der Waals surface area contributed by atoms with Crippen LogP contribution in [0.1, 0.15) is 0 Å². The van der Waals surface area contributed by atoms with Gasteiger partial charge in [-0.1, -0.05) is 6.07 Å². The molecule has 0 radical (unpaired) electrons. The molecule has 0 bridgehead atoms. The summed E-state index contributed by atoms with van der Waals surface area (Å²) in [5.74, 6) is -0.147. The average molecular weight is 363 g/mol. The van der Waals surface area contributed by atoms with Crippen molar-refractivity contribution < 1.29 is 9.66 Å². The first kappa shape index (κ1) is 14.1. The van der Waals surface area contributed by atoms with Gasteiger partial charge in [0.25, 0.3) is 0 Å². The molecule has 0 saturated carbocycles. The van der Waals surface area contributed by atoms with Crippen LogP contribution < -0.4 is 10.3 Å². The topological polar surface area (TPSA) is 99.6 Å². The van der Waals surface area contributed by atoms with Crippen LogP contribution in [0, 0.1) is 10.1 Å². The SMILES string of the molecule is O=c1c([N+](=O)[O-])c(Oc2cncc(Br)c2)nc2ccccn12. The van der Waals surface area contributed by atoms with Crippen molar-refractivity contribution in [3.05, 3.63) is 67.8 Å². The van der Waals surface area contributed by atoms with Gasteiger partial charge in [0.2, 0.25) is 0 Å². The minimum atomic E-state index is -0.812. The summed E-state index contributed by atoms with van der Waals surface area (Å²) >= 11 is 3.21. The fourth-order valence-corrected chi connectivity index (χ4v) is 2.19. The lowest BCUT2D eigenvalue weighted by atomic mass is 10.4. The standard InChI is InChI=1S/C13H7BrN4O4/c14-8-5-9(7-15-6-8)22-12-11(18(20)21)13(19)17-4-2-1-3-10(17)16-12/h1-7H. The van der Waals surface area contributed by atoms with Gasteiger partial charge in [-0.3, -0.25) is 24.3 Å². The molecule has 3 rings (SSSR count). The molecule has 3 heterocycles. The smallest absolute Gasteiger partial charge is 0.396 e. The molecule has 0 saturated heterocycles. The molecule has 0 amide bonds. The van der Waals surface area contributed by atoms with Crippen molar-refractivity contribution in [1.29, 1.82) is 0 Å². The Morgan fingerprint density at radius 2 is 2.14 bits per heavy atom. The number of aromatic nitrogens is 3. The van der Waals surface area contributed by atoms with Gasteiger partial charge < -0.3 is 4.74 Å². The van der Waals surface area contributed by atoms with Crippen LogP contribution in [0.25, 0.3) is 5.65 Å². The van der Waals surface area contributed by atoms with Crippen molar-refractivity contribution in [2.75, 3.05) is 0 Å². The highest BCUT2D eigenvalue weighted by molar-refractivity contribution is 9.10. The number of nitro groups is 1.